The average Bonchev–Trinajstić information content (AvgIpc) is 3.17. The van der Waals surface area contributed by atoms with Crippen LogP contribution in [0.15, 0.2) is 24.4 Å². The highest BCUT2D eigenvalue weighted by Crippen LogP contribution is 2.52. The van der Waals surface area contributed by atoms with Crippen LogP contribution >= 0.6 is 0 Å². The van der Waals surface area contributed by atoms with E-state index in [1.165, 1.54) is 35.6 Å². The largest absolute Gasteiger partial charge is 0.468 e. The molecule has 3 nitrogen and oxygen atoms in total. The number of para-hydroxylation sites is 1. The van der Waals surface area contributed by atoms with Crippen molar-refractivity contribution in [1.29, 1.82) is 0 Å². The average molecular weight is 255 g/mol. The van der Waals surface area contributed by atoms with Crippen molar-refractivity contribution in [3.05, 3.63) is 35.5 Å². The summed E-state index contributed by atoms with van der Waals surface area (Å²) < 4.78 is 7.35. The molecule has 4 rings (SSSR count). The van der Waals surface area contributed by atoms with Gasteiger partial charge in [-0.3, -0.25) is 4.79 Å². The minimum Gasteiger partial charge on any atom is -0.468 e. The molecule has 0 spiro atoms. The maximum atomic E-state index is 12.1. The molecule has 1 aromatic heterocycles. The molecule has 2 heterocycles. The van der Waals surface area contributed by atoms with Crippen LogP contribution in [0.1, 0.15) is 30.4 Å². The molecule has 1 aromatic carbocycles. The van der Waals surface area contributed by atoms with Crippen LogP contribution in [0.2, 0.25) is 0 Å². The number of aryl methyl sites for hydroxylation is 2. The second-order valence-corrected chi connectivity index (χ2v) is 5.73. The summed E-state index contributed by atoms with van der Waals surface area (Å²) in [4.78, 5) is 12.1. The van der Waals surface area contributed by atoms with Gasteiger partial charge in [0.15, 0.2) is 0 Å². The SMILES string of the molecule is COC(=O)C1(c2cn3c4c(cccc24)CCC3)CC1. The lowest BCUT2D eigenvalue weighted by Crippen LogP contribution is -2.21. The van der Waals surface area contributed by atoms with E-state index < -0.39 is 0 Å². The zero-order valence-corrected chi connectivity index (χ0v) is 11.1. The van der Waals surface area contributed by atoms with Crippen LogP contribution in [0.4, 0.5) is 0 Å². The molecule has 0 saturated heterocycles. The molecule has 1 fully saturated rings. The minimum atomic E-state index is -0.360. The summed E-state index contributed by atoms with van der Waals surface area (Å²) in [5.74, 6) is -0.0730. The van der Waals surface area contributed by atoms with Crippen molar-refractivity contribution in [2.24, 2.45) is 0 Å². The van der Waals surface area contributed by atoms with Gasteiger partial charge < -0.3 is 9.30 Å². The molecule has 0 unspecified atom stereocenters. The summed E-state index contributed by atoms with van der Waals surface area (Å²) >= 11 is 0. The molecule has 19 heavy (non-hydrogen) atoms. The first kappa shape index (κ1) is 11.1. The monoisotopic (exact) mass is 255 g/mol. The maximum absolute atomic E-state index is 12.1. The molecular weight excluding hydrogens is 238 g/mol. The van der Waals surface area contributed by atoms with Gasteiger partial charge in [0.1, 0.15) is 0 Å². The van der Waals surface area contributed by atoms with E-state index in [2.05, 4.69) is 29.0 Å². The predicted octanol–water partition coefficient (Wildman–Crippen LogP) is 2.79. The fraction of sp³-hybridized carbons (Fsp3) is 0.438. The molecule has 0 atom stereocenters. The lowest BCUT2D eigenvalue weighted by Gasteiger charge is -2.14. The van der Waals surface area contributed by atoms with E-state index in [-0.39, 0.29) is 11.4 Å². The zero-order valence-electron chi connectivity index (χ0n) is 11.1. The molecule has 1 saturated carbocycles. The van der Waals surface area contributed by atoms with Crippen LogP contribution in [0.3, 0.4) is 0 Å². The molecule has 3 heteroatoms. The number of benzene rings is 1. The number of hydrogen-bond acceptors (Lipinski definition) is 2. The van der Waals surface area contributed by atoms with E-state index in [0.29, 0.717) is 0 Å². The highest BCUT2D eigenvalue weighted by molar-refractivity contribution is 5.96. The standard InChI is InChI=1S/C16H17NO2/c1-19-15(18)16(7-8-16)13-10-17-9-3-5-11-4-2-6-12(13)14(11)17/h2,4,6,10H,3,5,7-9H2,1H3. The Kier molecular flexibility index (Phi) is 2.12. The quantitative estimate of drug-likeness (QED) is 0.773. The van der Waals surface area contributed by atoms with E-state index in [9.17, 15) is 4.79 Å². The topological polar surface area (TPSA) is 31.2 Å². The molecule has 0 amide bonds. The van der Waals surface area contributed by atoms with Crippen LogP contribution in [-0.2, 0) is 27.9 Å². The highest BCUT2D eigenvalue weighted by Gasteiger charge is 2.54. The molecular formula is C16H17NO2. The van der Waals surface area contributed by atoms with Gasteiger partial charge in [0.05, 0.1) is 18.0 Å². The smallest absolute Gasteiger partial charge is 0.316 e. The van der Waals surface area contributed by atoms with Crippen LogP contribution in [0.5, 0.6) is 0 Å². The number of hydrogen-bond donors (Lipinski definition) is 0. The van der Waals surface area contributed by atoms with E-state index in [0.717, 1.165) is 25.8 Å². The van der Waals surface area contributed by atoms with Crippen LogP contribution in [0, 0.1) is 0 Å². The van der Waals surface area contributed by atoms with Crippen LogP contribution in [-0.4, -0.2) is 17.6 Å². The molecule has 0 N–H and O–H groups in total. The van der Waals surface area contributed by atoms with Crippen molar-refractivity contribution in [3.8, 4) is 0 Å². The second kappa shape index (κ2) is 3.62. The molecule has 2 aliphatic rings. The fourth-order valence-electron chi connectivity index (χ4n) is 3.54. The van der Waals surface area contributed by atoms with Crippen molar-refractivity contribution in [2.75, 3.05) is 7.11 Å². The van der Waals surface area contributed by atoms with Gasteiger partial charge in [0.2, 0.25) is 0 Å². The highest BCUT2D eigenvalue weighted by atomic mass is 16.5. The van der Waals surface area contributed by atoms with Crippen molar-refractivity contribution < 1.29 is 9.53 Å². The molecule has 0 radical (unpaired) electrons. The van der Waals surface area contributed by atoms with E-state index in [1.54, 1.807) is 0 Å². The third-order valence-corrected chi connectivity index (χ3v) is 4.67. The Morgan fingerprint density at radius 2 is 2.21 bits per heavy atom. The van der Waals surface area contributed by atoms with Crippen molar-refractivity contribution in [3.63, 3.8) is 0 Å². The Bertz CT molecular complexity index is 679. The van der Waals surface area contributed by atoms with Crippen molar-refractivity contribution in [1.82, 2.24) is 4.57 Å². The lowest BCUT2D eigenvalue weighted by atomic mass is 9.94. The Morgan fingerprint density at radius 3 is 2.95 bits per heavy atom. The molecule has 98 valence electrons. The summed E-state index contributed by atoms with van der Waals surface area (Å²) in [7, 11) is 1.49. The number of ether oxygens (including phenoxy) is 1. The summed E-state index contributed by atoms with van der Waals surface area (Å²) in [6.45, 7) is 1.06. The number of esters is 1. The third kappa shape index (κ3) is 1.36. The summed E-state index contributed by atoms with van der Waals surface area (Å²) in [6.07, 6.45) is 6.36. The second-order valence-electron chi connectivity index (χ2n) is 5.73. The Balaban J connectivity index is 1.98. The number of methoxy groups -OCH3 is 1. The Labute approximate surface area is 112 Å². The van der Waals surface area contributed by atoms with Gasteiger partial charge in [-0.25, -0.2) is 0 Å². The van der Waals surface area contributed by atoms with Gasteiger partial charge in [-0.1, -0.05) is 18.2 Å². The Morgan fingerprint density at radius 1 is 1.37 bits per heavy atom. The number of aromatic nitrogens is 1. The number of rotatable bonds is 2. The number of nitrogens with zero attached hydrogens (tertiary/aromatic N) is 1. The molecule has 1 aliphatic carbocycles. The van der Waals surface area contributed by atoms with Gasteiger partial charge in [-0.15, -0.1) is 0 Å². The number of carbonyl (C=O) groups is 1. The first-order valence-electron chi connectivity index (χ1n) is 6.96. The van der Waals surface area contributed by atoms with Crippen molar-refractivity contribution in [2.45, 2.75) is 37.6 Å². The van der Waals surface area contributed by atoms with E-state index in [1.807, 2.05) is 0 Å². The van der Waals surface area contributed by atoms with Crippen molar-refractivity contribution >= 4 is 16.9 Å². The van der Waals surface area contributed by atoms with Crippen LogP contribution < -0.4 is 0 Å². The Hall–Kier alpha value is -1.77. The first-order valence-corrected chi connectivity index (χ1v) is 6.96. The van der Waals surface area contributed by atoms with Gasteiger partial charge >= 0.3 is 5.97 Å². The van der Waals surface area contributed by atoms with Gasteiger partial charge in [0, 0.05) is 18.1 Å². The zero-order chi connectivity index (χ0) is 13.0. The minimum absolute atomic E-state index is 0.0730. The number of carbonyl (C=O) groups excluding carboxylic acids is 1. The van der Waals surface area contributed by atoms with E-state index >= 15 is 0 Å². The predicted molar refractivity (Wildman–Crippen MR) is 73.2 cm³/mol. The lowest BCUT2D eigenvalue weighted by molar-refractivity contribution is -0.143. The molecule has 0 bridgehead atoms. The van der Waals surface area contributed by atoms with E-state index in [4.69, 9.17) is 4.74 Å². The van der Waals surface area contributed by atoms with Gasteiger partial charge in [-0.05, 0) is 36.8 Å². The summed E-state index contributed by atoms with van der Waals surface area (Å²) in [5.41, 5.74) is 3.56. The first-order chi connectivity index (χ1) is 9.26. The molecule has 2 aromatic rings. The summed E-state index contributed by atoms with van der Waals surface area (Å²) in [6, 6.07) is 6.47. The maximum Gasteiger partial charge on any atom is 0.316 e. The van der Waals surface area contributed by atoms with Crippen LogP contribution in [0.25, 0.3) is 10.9 Å². The molecule has 1 aliphatic heterocycles. The third-order valence-electron chi connectivity index (χ3n) is 4.67. The van der Waals surface area contributed by atoms with Gasteiger partial charge in [0.25, 0.3) is 0 Å². The fourth-order valence-corrected chi connectivity index (χ4v) is 3.54. The van der Waals surface area contributed by atoms with Gasteiger partial charge in [-0.2, -0.15) is 0 Å². The summed E-state index contributed by atoms with van der Waals surface area (Å²) in [5, 5.41) is 1.25. The normalized spacial score (nSPS) is 19.4.